The van der Waals surface area contributed by atoms with Gasteiger partial charge in [-0.3, -0.25) is 9.74 Å². The first kappa shape index (κ1) is 20.0. The van der Waals surface area contributed by atoms with Gasteiger partial charge in [0.2, 0.25) is 0 Å². The van der Waals surface area contributed by atoms with Gasteiger partial charge in [-0.05, 0) is 5.56 Å². The quantitative estimate of drug-likeness (QED) is 0.329. The fourth-order valence-corrected chi connectivity index (χ4v) is 3.75. The number of amides is 1. The van der Waals surface area contributed by atoms with Crippen molar-refractivity contribution in [2.24, 2.45) is 0 Å². The second-order valence-electron chi connectivity index (χ2n) is 5.99. The van der Waals surface area contributed by atoms with Crippen LogP contribution < -0.4 is 5.48 Å². The normalized spacial score (nSPS) is 18.2. The van der Waals surface area contributed by atoms with Crippen LogP contribution in [0.2, 0.25) is 0 Å². The summed E-state index contributed by atoms with van der Waals surface area (Å²) in [4.78, 5) is 37.0. The Hall–Kier alpha value is -2.75. The van der Waals surface area contributed by atoms with Crippen LogP contribution in [0.25, 0.3) is 0 Å². The maximum absolute atomic E-state index is 12.8. The Labute approximate surface area is 166 Å². The van der Waals surface area contributed by atoms with Crippen molar-refractivity contribution >= 4 is 23.4 Å². The number of benzene rings is 1. The summed E-state index contributed by atoms with van der Waals surface area (Å²) in [6.07, 6.45) is 0.973. The zero-order valence-corrected chi connectivity index (χ0v) is 16.2. The Morgan fingerprint density at radius 1 is 1.39 bits per heavy atom. The molecule has 2 aromatic rings. The number of carbonyl (C=O) groups is 2. The lowest BCUT2D eigenvalue weighted by Gasteiger charge is -2.36. The number of methoxy groups -OCH3 is 1. The van der Waals surface area contributed by atoms with E-state index < -0.39 is 18.1 Å². The molecule has 148 valence electrons. The number of nitrogens with one attached hydrogen (secondary N) is 1. The summed E-state index contributed by atoms with van der Waals surface area (Å²) in [6, 6.07) is 7.99. The van der Waals surface area contributed by atoms with E-state index in [2.05, 4.69) is 17.0 Å². The van der Waals surface area contributed by atoms with Crippen LogP contribution in [0, 0.1) is 0 Å². The third-order valence-corrected chi connectivity index (χ3v) is 5.14. The minimum absolute atomic E-state index is 0.0963. The summed E-state index contributed by atoms with van der Waals surface area (Å²) >= 11 is 1.38. The molecule has 1 aliphatic heterocycles. The number of ether oxygens (including phenoxy) is 2. The van der Waals surface area contributed by atoms with Crippen molar-refractivity contribution < 1.29 is 23.9 Å². The van der Waals surface area contributed by atoms with Gasteiger partial charge in [0.15, 0.2) is 6.04 Å². The predicted molar refractivity (Wildman–Crippen MR) is 102 cm³/mol. The maximum Gasteiger partial charge on any atom is 0.411 e. The first-order valence-electron chi connectivity index (χ1n) is 8.62. The number of esters is 1. The van der Waals surface area contributed by atoms with Crippen LogP contribution in [0.4, 0.5) is 4.79 Å². The number of hydroxylamine groups is 1. The first-order chi connectivity index (χ1) is 13.7. The van der Waals surface area contributed by atoms with Gasteiger partial charge in [0.1, 0.15) is 6.61 Å². The van der Waals surface area contributed by atoms with Gasteiger partial charge >= 0.3 is 12.1 Å². The van der Waals surface area contributed by atoms with Crippen LogP contribution in [0.3, 0.4) is 0 Å². The number of rotatable bonds is 7. The van der Waals surface area contributed by atoms with Crippen molar-refractivity contribution in [1.29, 1.82) is 0 Å². The Kier molecular flexibility index (Phi) is 6.75. The van der Waals surface area contributed by atoms with Crippen molar-refractivity contribution in [2.75, 3.05) is 20.3 Å². The Morgan fingerprint density at radius 2 is 2.18 bits per heavy atom. The van der Waals surface area contributed by atoms with E-state index in [0.717, 1.165) is 10.4 Å². The minimum Gasteiger partial charge on any atom is -0.467 e. The van der Waals surface area contributed by atoms with Crippen LogP contribution in [0.15, 0.2) is 48.5 Å². The topological polar surface area (TPSA) is 90.0 Å². The van der Waals surface area contributed by atoms with Gasteiger partial charge in [0.25, 0.3) is 0 Å². The molecule has 0 fully saturated rings. The molecule has 0 saturated carbocycles. The minimum atomic E-state index is -0.966. The predicted octanol–water partition coefficient (Wildman–Crippen LogP) is 2.76. The lowest BCUT2D eigenvalue weighted by atomic mass is 10.0. The molecule has 0 bridgehead atoms. The molecule has 2 atom stereocenters. The fourth-order valence-electron chi connectivity index (χ4n) is 2.89. The van der Waals surface area contributed by atoms with Gasteiger partial charge in [-0.1, -0.05) is 36.4 Å². The van der Waals surface area contributed by atoms with Crippen molar-refractivity contribution in [1.82, 2.24) is 15.4 Å². The molecule has 9 heteroatoms. The Balaban J connectivity index is 1.81. The number of aromatic nitrogens is 1. The highest BCUT2D eigenvalue weighted by atomic mass is 32.1. The monoisotopic (exact) mass is 403 g/mol. The van der Waals surface area contributed by atoms with Crippen LogP contribution in [-0.4, -0.2) is 42.2 Å². The van der Waals surface area contributed by atoms with Crippen molar-refractivity contribution in [3.63, 3.8) is 0 Å². The molecule has 0 spiro atoms. The SMILES string of the molecule is C=CCONC1CN(C(=O)OCc2ccccc2)C(C(=O)OC)c2ncsc21. The van der Waals surface area contributed by atoms with Crippen molar-refractivity contribution in [3.05, 3.63) is 64.6 Å². The van der Waals surface area contributed by atoms with Crippen LogP contribution >= 0.6 is 11.3 Å². The van der Waals surface area contributed by atoms with E-state index in [4.69, 9.17) is 14.3 Å². The average Bonchev–Trinajstić information content (AvgIpc) is 3.22. The smallest absolute Gasteiger partial charge is 0.411 e. The molecule has 0 aliphatic carbocycles. The first-order valence-corrected chi connectivity index (χ1v) is 9.50. The highest BCUT2D eigenvalue weighted by Crippen LogP contribution is 2.37. The van der Waals surface area contributed by atoms with E-state index in [9.17, 15) is 9.59 Å². The molecule has 2 unspecified atom stereocenters. The fraction of sp³-hybridized carbons (Fsp3) is 0.316. The second-order valence-corrected chi connectivity index (χ2v) is 6.88. The van der Waals surface area contributed by atoms with E-state index in [1.54, 1.807) is 11.6 Å². The molecule has 0 radical (unpaired) electrons. The van der Waals surface area contributed by atoms with Crippen LogP contribution in [0.1, 0.15) is 28.2 Å². The largest absolute Gasteiger partial charge is 0.467 e. The molecule has 1 aliphatic rings. The molecule has 8 nitrogen and oxygen atoms in total. The number of carbonyl (C=O) groups excluding carboxylic acids is 2. The molecule has 28 heavy (non-hydrogen) atoms. The molecule has 1 amide bonds. The molecular formula is C19H21N3O5S. The lowest BCUT2D eigenvalue weighted by Crippen LogP contribution is -2.48. The summed E-state index contributed by atoms with van der Waals surface area (Å²) in [6.45, 7) is 4.16. The zero-order valence-electron chi connectivity index (χ0n) is 15.4. The summed E-state index contributed by atoms with van der Waals surface area (Å²) in [5.41, 5.74) is 5.83. The third-order valence-electron chi connectivity index (χ3n) is 4.18. The Morgan fingerprint density at radius 3 is 2.89 bits per heavy atom. The van der Waals surface area contributed by atoms with Crippen LogP contribution in [0.5, 0.6) is 0 Å². The molecular weight excluding hydrogens is 382 g/mol. The van der Waals surface area contributed by atoms with Gasteiger partial charge in [0, 0.05) is 6.54 Å². The van der Waals surface area contributed by atoms with E-state index in [1.807, 2.05) is 30.3 Å². The standard InChI is InChI=1S/C19H21N3O5S/c1-3-9-27-21-14-10-22(19(24)26-11-13-7-5-4-6-8-13)16(18(23)25-2)15-17(14)28-12-20-15/h3-8,12,14,16,21H,1,9-11H2,2H3. The average molecular weight is 403 g/mol. The summed E-state index contributed by atoms with van der Waals surface area (Å²) in [7, 11) is 1.28. The summed E-state index contributed by atoms with van der Waals surface area (Å²) in [5.74, 6) is -0.575. The zero-order chi connectivity index (χ0) is 19.9. The molecule has 0 saturated heterocycles. The van der Waals surface area contributed by atoms with Gasteiger partial charge in [-0.25, -0.2) is 14.6 Å². The summed E-state index contributed by atoms with van der Waals surface area (Å²) in [5, 5.41) is 0. The van der Waals surface area contributed by atoms with E-state index in [0.29, 0.717) is 12.3 Å². The molecule has 1 aromatic carbocycles. The van der Waals surface area contributed by atoms with E-state index >= 15 is 0 Å². The maximum atomic E-state index is 12.8. The van der Waals surface area contributed by atoms with Crippen molar-refractivity contribution in [2.45, 2.75) is 18.7 Å². The molecule has 2 heterocycles. The van der Waals surface area contributed by atoms with Gasteiger partial charge in [0.05, 0.1) is 35.8 Å². The van der Waals surface area contributed by atoms with Gasteiger partial charge < -0.3 is 9.47 Å². The highest BCUT2D eigenvalue weighted by Gasteiger charge is 2.43. The second kappa shape index (κ2) is 9.45. The number of fused-ring (bicyclic) bond motifs is 1. The highest BCUT2D eigenvalue weighted by molar-refractivity contribution is 7.09. The lowest BCUT2D eigenvalue weighted by molar-refractivity contribution is -0.147. The number of hydrogen-bond donors (Lipinski definition) is 1. The van der Waals surface area contributed by atoms with E-state index in [1.165, 1.54) is 23.3 Å². The molecule has 3 rings (SSSR count). The number of hydrogen-bond acceptors (Lipinski definition) is 8. The summed E-state index contributed by atoms with van der Waals surface area (Å²) < 4.78 is 10.3. The third kappa shape index (κ3) is 4.38. The van der Waals surface area contributed by atoms with Crippen molar-refractivity contribution in [3.8, 4) is 0 Å². The van der Waals surface area contributed by atoms with Crippen LogP contribution in [-0.2, 0) is 25.7 Å². The number of nitrogens with zero attached hydrogens (tertiary/aromatic N) is 2. The molecule has 1 N–H and O–H groups in total. The van der Waals surface area contributed by atoms with E-state index in [-0.39, 0.29) is 19.2 Å². The van der Waals surface area contributed by atoms with Gasteiger partial charge in [-0.2, -0.15) is 5.48 Å². The Bertz CT molecular complexity index is 826. The molecule has 1 aromatic heterocycles. The van der Waals surface area contributed by atoms with Gasteiger partial charge in [-0.15, -0.1) is 17.9 Å². The number of thiazole rings is 1.